The molecule has 3 rings (SSSR count). The van der Waals surface area contributed by atoms with Gasteiger partial charge in [0.1, 0.15) is 12.4 Å². The quantitative estimate of drug-likeness (QED) is 0.642. The molecule has 6 nitrogen and oxygen atoms in total. The lowest BCUT2D eigenvalue weighted by Crippen LogP contribution is -2.25. The number of hydrogen-bond acceptors (Lipinski definition) is 5. The lowest BCUT2D eigenvalue weighted by molar-refractivity contribution is 0.0953. The third-order valence-electron chi connectivity index (χ3n) is 4.52. The molecule has 2 aromatic carbocycles. The van der Waals surface area contributed by atoms with Crippen LogP contribution in [0.4, 0.5) is 0 Å². The Morgan fingerprint density at radius 2 is 1.89 bits per heavy atom. The van der Waals surface area contributed by atoms with E-state index in [1.807, 2.05) is 44.2 Å². The Labute approximate surface area is 164 Å². The summed E-state index contributed by atoms with van der Waals surface area (Å²) in [4.78, 5) is 12.4. The molecule has 0 saturated heterocycles. The molecule has 1 amide bonds. The van der Waals surface area contributed by atoms with E-state index in [0.717, 1.165) is 23.4 Å². The number of ether oxygens (including phenoxy) is 2. The first-order valence-corrected chi connectivity index (χ1v) is 9.13. The molecule has 0 atom stereocenters. The fourth-order valence-electron chi connectivity index (χ4n) is 2.85. The zero-order chi connectivity index (χ0) is 19.9. The molecule has 1 N–H and O–H groups in total. The molecule has 0 unspecified atom stereocenters. The molecule has 0 bridgehead atoms. The molecule has 146 valence electrons. The highest BCUT2D eigenvalue weighted by atomic mass is 16.5. The smallest absolute Gasteiger partial charge is 0.251 e. The summed E-state index contributed by atoms with van der Waals surface area (Å²) >= 11 is 0. The molecule has 1 heterocycles. The first-order chi connectivity index (χ1) is 13.6. The van der Waals surface area contributed by atoms with E-state index < -0.39 is 0 Å². The molecule has 3 aromatic rings. The van der Waals surface area contributed by atoms with Crippen LogP contribution in [0.25, 0.3) is 0 Å². The second kappa shape index (κ2) is 9.08. The number of benzene rings is 2. The number of carbonyl (C=O) groups is 1. The van der Waals surface area contributed by atoms with Crippen molar-refractivity contribution in [3.8, 4) is 11.5 Å². The number of hydrogen-bond donors (Lipinski definition) is 1. The van der Waals surface area contributed by atoms with Crippen molar-refractivity contribution in [1.29, 1.82) is 0 Å². The molecule has 0 saturated carbocycles. The van der Waals surface area contributed by atoms with Crippen LogP contribution >= 0.6 is 0 Å². The van der Waals surface area contributed by atoms with Crippen LogP contribution in [-0.4, -0.2) is 24.7 Å². The fourth-order valence-corrected chi connectivity index (χ4v) is 2.85. The van der Waals surface area contributed by atoms with Crippen LogP contribution in [0.15, 0.2) is 53.1 Å². The highest BCUT2D eigenvalue weighted by molar-refractivity contribution is 5.94. The predicted molar refractivity (Wildman–Crippen MR) is 106 cm³/mol. The van der Waals surface area contributed by atoms with Crippen LogP contribution < -0.4 is 14.8 Å². The van der Waals surface area contributed by atoms with Gasteiger partial charge in [0.15, 0.2) is 11.5 Å². The number of rotatable bonds is 8. The zero-order valence-corrected chi connectivity index (χ0v) is 16.3. The van der Waals surface area contributed by atoms with Crippen LogP contribution in [0.1, 0.15) is 32.9 Å². The van der Waals surface area contributed by atoms with Crippen molar-refractivity contribution in [1.82, 2.24) is 10.5 Å². The number of aryl methyl sites for hydroxylation is 2. The molecule has 0 fully saturated rings. The maximum atomic E-state index is 12.4. The number of amides is 1. The highest BCUT2D eigenvalue weighted by Gasteiger charge is 2.14. The summed E-state index contributed by atoms with van der Waals surface area (Å²) in [5.41, 5.74) is 3.41. The monoisotopic (exact) mass is 380 g/mol. The number of nitrogens with zero attached hydrogens (tertiary/aromatic N) is 1. The maximum Gasteiger partial charge on any atom is 0.251 e. The summed E-state index contributed by atoms with van der Waals surface area (Å²) in [5.74, 6) is 1.64. The minimum atomic E-state index is -0.147. The molecule has 0 aliphatic heterocycles. The van der Waals surface area contributed by atoms with Crippen LogP contribution in [-0.2, 0) is 13.0 Å². The molecular formula is C22H24N2O4. The molecule has 0 aliphatic carbocycles. The summed E-state index contributed by atoms with van der Waals surface area (Å²) in [6.45, 7) is 4.60. The van der Waals surface area contributed by atoms with Crippen LogP contribution in [0.2, 0.25) is 0 Å². The van der Waals surface area contributed by atoms with Crippen molar-refractivity contribution in [2.75, 3.05) is 13.7 Å². The van der Waals surface area contributed by atoms with E-state index in [9.17, 15) is 4.79 Å². The van der Waals surface area contributed by atoms with Gasteiger partial charge in [0, 0.05) is 12.1 Å². The molecule has 6 heteroatoms. The van der Waals surface area contributed by atoms with Gasteiger partial charge in [-0.1, -0.05) is 35.5 Å². The predicted octanol–water partition coefficient (Wildman–Crippen LogP) is 3.85. The average Bonchev–Trinajstić information content (AvgIpc) is 3.04. The molecule has 0 aliphatic rings. The molecule has 28 heavy (non-hydrogen) atoms. The Balaban J connectivity index is 1.61. The van der Waals surface area contributed by atoms with Gasteiger partial charge in [0.05, 0.1) is 18.4 Å². The summed E-state index contributed by atoms with van der Waals surface area (Å²) in [5, 5.41) is 6.85. The lowest BCUT2D eigenvalue weighted by Gasteiger charge is -2.12. The molecular weight excluding hydrogens is 356 g/mol. The zero-order valence-electron chi connectivity index (χ0n) is 16.3. The van der Waals surface area contributed by atoms with Crippen molar-refractivity contribution in [2.24, 2.45) is 0 Å². The van der Waals surface area contributed by atoms with E-state index in [4.69, 9.17) is 14.0 Å². The Morgan fingerprint density at radius 3 is 2.57 bits per heavy atom. The summed E-state index contributed by atoms with van der Waals surface area (Å²) in [7, 11) is 1.55. The largest absolute Gasteiger partial charge is 0.493 e. The number of carbonyl (C=O) groups excluding carboxylic acids is 1. The Kier molecular flexibility index (Phi) is 6.32. The number of methoxy groups -OCH3 is 1. The van der Waals surface area contributed by atoms with Gasteiger partial charge in [-0.25, -0.2) is 0 Å². The van der Waals surface area contributed by atoms with Crippen LogP contribution in [0, 0.1) is 13.8 Å². The van der Waals surface area contributed by atoms with E-state index >= 15 is 0 Å². The first-order valence-electron chi connectivity index (χ1n) is 9.13. The van der Waals surface area contributed by atoms with Gasteiger partial charge in [-0.3, -0.25) is 4.79 Å². The third-order valence-corrected chi connectivity index (χ3v) is 4.52. The van der Waals surface area contributed by atoms with Crippen LogP contribution in [0.5, 0.6) is 11.5 Å². The SMILES string of the molecule is COc1cc(C(=O)NCCc2ccccc2)ccc1OCc1c(C)noc1C. The average molecular weight is 380 g/mol. The standard InChI is InChI=1S/C22H24N2O4/c1-15-19(16(2)28-24-15)14-27-20-10-9-18(13-21(20)26-3)22(25)23-12-11-17-7-5-4-6-8-17/h4-10,13H,11-12,14H2,1-3H3,(H,23,25). The fraction of sp³-hybridized carbons (Fsp3) is 0.273. The molecule has 0 radical (unpaired) electrons. The number of aromatic nitrogens is 1. The van der Waals surface area contributed by atoms with Crippen molar-refractivity contribution < 1.29 is 18.8 Å². The van der Waals surface area contributed by atoms with Crippen molar-refractivity contribution in [2.45, 2.75) is 26.9 Å². The minimum Gasteiger partial charge on any atom is -0.493 e. The van der Waals surface area contributed by atoms with Crippen molar-refractivity contribution in [3.05, 3.63) is 76.7 Å². The van der Waals surface area contributed by atoms with E-state index in [2.05, 4.69) is 10.5 Å². The van der Waals surface area contributed by atoms with Gasteiger partial charge in [0.25, 0.3) is 5.91 Å². The topological polar surface area (TPSA) is 73.6 Å². The highest BCUT2D eigenvalue weighted by Crippen LogP contribution is 2.29. The normalized spacial score (nSPS) is 10.5. The summed E-state index contributed by atoms with van der Waals surface area (Å²) in [6.07, 6.45) is 0.780. The van der Waals surface area contributed by atoms with Gasteiger partial charge in [0.2, 0.25) is 0 Å². The molecule has 0 spiro atoms. The molecule has 1 aromatic heterocycles. The van der Waals surface area contributed by atoms with Gasteiger partial charge >= 0.3 is 0 Å². The number of nitrogens with one attached hydrogen (secondary N) is 1. The van der Waals surface area contributed by atoms with E-state index in [-0.39, 0.29) is 5.91 Å². The minimum absolute atomic E-state index is 0.147. The lowest BCUT2D eigenvalue weighted by atomic mass is 10.1. The van der Waals surface area contributed by atoms with E-state index in [1.165, 1.54) is 5.56 Å². The Bertz CT molecular complexity index is 915. The third kappa shape index (κ3) is 4.71. The van der Waals surface area contributed by atoms with Crippen molar-refractivity contribution >= 4 is 5.91 Å². The summed E-state index contributed by atoms with van der Waals surface area (Å²) in [6, 6.07) is 15.2. The van der Waals surface area contributed by atoms with E-state index in [1.54, 1.807) is 25.3 Å². The first kappa shape index (κ1) is 19.5. The second-order valence-corrected chi connectivity index (χ2v) is 6.45. The summed E-state index contributed by atoms with van der Waals surface area (Å²) < 4.78 is 16.4. The van der Waals surface area contributed by atoms with Gasteiger partial charge in [-0.2, -0.15) is 0 Å². The maximum absolute atomic E-state index is 12.4. The second-order valence-electron chi connectivity index (χ2n) is 6.45. The Morgan fingerprint density at radius 1 is 1.11 bits per heavy atom. The van der Waals surface area contributed by atoms with Gasteiger partial charge in [-0.15, -0.1) is 0 Å². The van der Waals surface area contributed by atoms with Crippen LogP contribution in [0.3, 0.4) is 0 Å². The van der Waals surface area contributed by atoms with E-state index in [0.29, 0.717) is 30.2 Å². The van der Waals surface area contributed by atoms with Gasteiger partial charge in [-0.05, 0) is 44.0 Å². The van der Waals surface area contributed by atoms with Crippen molar-refractivity contribution in [3.63, 3.8) is 0 Å². The Hall–Kier alpha value is -3.28. The van der Waals surface area contributed by atoms with Gasteiger partial charge < -0.3 is 19.3 Å².